The summed E-state index contributed by atoms with van der Waals surface area (Å²) in [6.07, 6.45) is 5.11. The van der Waals surface area contributed by atoms with Gasteiger partial charge in [-0.25, -0.2) is 4.39 Å². The lowest BCUT2D eigenvalue weighted by molar-refractivity contribution is -0.0376. The van der Waals surface area contributed by atoms with Crippen molar-refractivity contribution < 1.29 is 14.6 Å². The Kier molecular flexibility index (Phi) is 5.04. The molecule has 0 heterocycles. The second-order valence-corrected chi connectivity index (χ2v) is 8.48. The SMILES string of the molecule is C[C@@H]([C@H]1CC[C@H]2[C@@H](O)CCC[C@]12C)[C@@H](F)CCC(C)(C)O. The number of fused-ring (bicyclic) bond motifs is 1. The Morgan fingerprint density at radius 3 is 2.57 bits per heavy atom. The zero-order chi connectivity index (χ0) is 15.8. The molecule has 0 amide bonds. The van der Waals surface area contributed by atoms with Gasteiger partial charge in [-0.05, 0) is 75.5 Å². The zero-order valence-corrected chi connectivity index (χ0v) is 14.1. The van der Waals surface area contributed by atoms with Gasteiger partial charge in [-0.1, -0.05) is 20.3 Å². The van der Waals surface area contributed by atoms with Gasteiger partial charge in [-0.2, -0.15) is 0 Å². The molecule has 124 valence electrons. The Morgan fingerprint density at radius 2 is 1.95 bits per heavy atom. The maximum atomic E-state index is 14.6. The van der Waals surface area contributed by atoms with Crippen LogP contribution in [0.5, 0.6) is 0 Å². The first kappa shape index (κ1) is 17.2. The highest BCUT2D eigenvalue weighted by Crippen LogP contribution is 2.58. The van der Waals surface area contributed by atoms with Crippen LogP contribution in [0.15, 0.2) is 0 Å². The van der Waals surface area contributed by atoms with E-state index in [1.807, 2.05) is 6.92 Å². The minimum atomic E-state index is -0.851. The van der Waals surface area contributed by atoms with E-state index in [1.165, 1.54) is 0 Å². The molecule has 0 aromatic carbocycles. The molecular weight excluding hydrogens is 267 g/mol. The Hall–Kier alpha value is -0.150. The molecule has 2 aliphatic carbocycles. The highest BCUT2D eigenvalue weighted by molar-refractivity contribution is 5.02. The van der Waals surface area contributed by atoms with E-state index < -0.39 is 11.8 Å². The van der Waals surface area contributed by atoms with Crippen molar-refractivity contribution in [2.75, 3.05) is 0 Å². The molecule has 2 fully saturated rings. The maximum Gasteiger partial charge on any atom is 0.103 e. The summed E-state index contributed by atoms with van der Waals surface area (Å²) in [5, 5.41) is 20.1. The molecule has 2 N–H and O–H groups in total. The summed E-state index contributed by atoms with van der Waals surface area (Å²) in [6.45, 7) is 7.80. The molecule has 0 spiro atoms. The lowest BCUT2D eigenvalue weighted by Crippen LogP contribution is -2.43. The molecule has 0 radical (unpaired) electrons. The van der Waals surface area contributed by atoms with Crippen molar-refractivity contribution in [1.29, 1.82) is 0 Å². The van der Waals surface area contributed by atoms with Gasteiger partial charge in [-0.3, -0.25) is 0 Å². The van der Waals surface area contributed by atoms with E-state index in [9.17, 15) is 14.6 Å². The highest BCUT2D eigenvalue weighted by Gasteiger charge is 2.53. The fraction of sp³-hybridized carbons (Fsp3) is 1.00. The van der Waals surface area contributed by atoms with Crippen LogP contribution in [0.3, 0.4) is 0 Å². The molecule has 0 aliphatic heterocycles. The number of aliphatic hydroxyl groups is 2. The number of alkyl halides is 1. The molecule has 3 heteroatoms. The largest absolute Gasteiger partial charge is 0.393 e. The van der Waals surface area contributed by atoms with E-state index in [0.29, 0.717) is 24.7 Å². The van der Waals surface area contributed by atoms with E-state index in [-0.39, 0.29) is 17.4 Å². The van der Waals surface area contributed by atoms with E-state index in [4.69, 9.17) is 0 Å². The van der Waals surface area contributed by atoms with Crippen molar-refractivity contribution in [3.05, 3.63) is 0 Å². The first-order valence-electron chi connectivity index (χ1n) is 8.69. The van der Waals surface area contributed by atoms with Crippen molar-refractivity contribution in [2.24, 2.45) is 23.2 Å². The average Bonchev–Trinajstić information content (AvgIpc) is 2.73. The van der Waals surface area contributed by atoms with Crippen molar-refractivity contribution in [3.8, 4) is 0 Å². The quantitative estimate of drug-likeness (QED) is 0.803. The summed E-state index contributed by atoms with van der Waals surface area (Å²) < 4.78 is 14.6. The fourth-order valence-corrected chi connectivity index (χ4v) is 5.06. The molecule has 21 heavy (non-hydrogen) atoms. The second kappa shape index (κ2) is 6.16. The maximum absolute atomic E-state index is 14.6. The molecule has 2 saturated carbocycles. The lowest BCUT2D eigenvalue weighted by atomic mass is 9.61. The third-order valence-corrected chi connectivity index (χ3v) is 6.40. The Labute approximate surface area is 129 Å². The lowest BCUT2D eigenvalue weighted by Gasteiger charge is -2.45. The van der Waals surface area contributed by atoms with Crippen molar-refractivity contribution >= 4 is 0 Å². The second-order valence-electron chi connectivity index (χ2n) is 8.48. The molecule has 2 nitrogen and oxygen atoms in total. The Bertz CT molecular complexity index is 352. The summed E-state index contributed by atoms with van der Waals surface area (Å²) in [5.74, 6) is 0.752. The van der Waals surface area contributed by atoms with Gasteiger partial charge in [0.05, 0.1) is 11.7 Å². The van der Waals surface area contributed by atoms with E-state index in [1.54, 1.807) is 13.8 Å². The van der Waals surface area contributed by atoms with Crippen LogP contribution in [0.1, 0.15) is 72.6 Å². The molecule has 0 unspecified atom stereocenters. The summed E-state index contributed by atoms with van der Waals surface area (Å²) in [6, 6.07) is 0. The van der Waals surface area contributed by atoms with Gasteiger partial charge in [0.2, 0.25) is 0 Å². The molecule has 2 aliphatic rings. The molecular formula is C18H33FO2. The Morgan fingerprint density at radius 1 is 1.29 bits per heavy atom. The first-order chi connectivity index (χ1) is 9.65. The summed E-state index contributed by atoms with van der Waals surface area (Å²) >= 11 is 0. The smallest absolute Gasteiger partial charge is 0.103 e. The van der Waals surface area contributed by atoms with Crippen LogP contribution in [-0.2, 0) is 0 Å². The minimum Gasteiger partial charge on any atom is -0.393 e. The predicted molar refractivity (Wildman–Crippen MR) is 83.8 cm³/mol. The monoisotopic (exact) mass is 300 g/mol. The topological polar surface area (TPSA) is 40.5 Å². The molecule has 0 aromatic rings. The van der Waals surface area contributed by atoms with Gasteiger partial charge >= 0.3 is 0 Å². The summed E-state index contributed by atoms with van der Waals surface area (Å²) in [5.41, 5.74) is -0.677. The van der Waals surface area contributed by atoms with Gasteiger partial charge < -0.3 is 10.2 Å². The van der Waals surface area contributed by atoms with E-state index in [2.05, 4.69) is 6.92 Å². The van der Waals surface area contributed by atoms with Gasteiger partial charge in [0.1, 0.15) is 6.17 Å². The molecule has 0 saturated heterocycles. The fourth-order valence-electron chi connectivity index (χ4n) is 5.06. The molecule has 2 rings (SSSR count). The van der Waals surface area contributed by atoms with Crippen LogP contribution < -0.4 is 0 Å². The number of hydrogen-bond donors (Lipinski definition) is 2. The Balaban J connectivity index is 2.00. The highest BCUT2D eigenvalue weighted by atomic mass is 19.1. The third kappa shape index (κ3) is 3.61. The van der Waals surface area contributed by atoms with E-state index in [0.717, 1.165) is 32.1 Å². The van der Waals surface area contributed by atoms with Gasteiger partial charge in [-0.15, -0.1) is 0 Å². The van der Waals surface area contributed by atoms with Crippen LogP contribution in [-0.4, -0.2) is 28.1 Å². The van der Waals surface area contributed by atoms with Crippen LogP contribution in [0.2, 0.25) is 0 Å². The van der Waals surface area contributed by atoms with Crippen LogP contribution >= 0.6 is 0 Å². The van der Waals surface area contributed by atoms with Crippen molar-refractivity contribution in [3.63, 3.8) is 0 Å². The summed E-state index contributed by atoms with van der Waals surface area (Å²) in [7, 11) is 0. The van der Waals surface area contributed by atoms with E-state index >= 15 is 0 Å². The van der Waals surface area contributed by atoms with Crippen LogP contribution in [0.25, 0.3) is 0 Å². The number of rotatable bonds is 5. The van der Waals surface area contributed by atoms with Crippen LogP contribution in [0, 0.1) is 23.2 Å². The number of aliphatic hydroxyl groups excluding tert-OH is 1. The molecule has 0 aromatic heterocycles. The van der Waals surface area contributed by atoms with Gasteiger partial charge in [0, 0.05) is 0 Å². The molecule has 0 bridgehead atoms. The zero-order valence-electron chi connectivity index (χ0n) is 14.1. The average molecular weight is 300 g/mol. The predicted octanol–water partition coefficient (Wildman–Crippen LogP) is 4.09. The molecule has 6 atom stereocenters. The van der Waals surface area contributed by atoms with Crippen molar-refractivity contribution in [2.45, 2.75) is 90.5 Å². The number of hydrogen-bond acceptors (Lipinski definition) is 2. The van der Waals surface area contributed by atoms with Gasteiger partial charge in [0.15, 0.2) is 0 Å². The minimum absolute atomic E-state index is 0.0210. The van der Waals surface area contributed by atoms with Crippen molar-refractivity contribution in [1.82, 2.24) is 0 Å². The standard InChI is InChI=1S/C18H33FO2/c1-12(15(19)9-11-17(2,3)21)13-7-8-14-16(20)6-5-10-18(13,14)4/h12-16,20-21H,5-11H2,1-4H3/t12-,13+,14-,15-,16-,18+/m0/s1. The van der Waals surface area contributed by atoms with Crippen LogP contribution in [0.4, 0.5) is 4.39 Å². The first-order valence-corrected chi connectivity index (χ1v) is 8.69. The third-order valence-electron chi connectivity index (χ3n) is 6.40. The number of halogens is 1. The van der Waals surface area contributed by atoms with Gasteiger partial charge in [0.25, 0.3) is 0 Å². The summed E-state index contributed by atoms with van der Waals surface area (Å²) in [4.78, 5) is 0. The normalized spacial score (nSPS) is 39.9.